The highest BCUT2D eigenvalue weighted by atomic mass is 28.3. The molecule has 0 aliphatic rings. The maximum Gasteiger partial charge on any atom is 0.203 e. The Morgan fingerprint density at radius 1 is 1.33 bits per heavy atom. The molecule has 0 bridgehead atoms. The van der Waals surface area contributed by atoms with Crippen LogP contribution in [0.4, 0.5) is 0 Å². The molecule has 1 rings (SSSR count). The highest BCUT2D eigenvalue weighted by molar-refractivity contribution is 6.83. The molecule has 0 saturated heterocycles. The van der Waals surface area contributed by atoms with E-state index in [9.17, 15) is 10.1 Å². The Morgan fingerprint density at radius 3 is 2.57 bits per heavy atom. The molecule has 0 heterocycles. The predicted molar refractivity (Wildman–Crippen MR) is 88.6 cm³/mol. The van der Waals surface area contributed by atoms with E-state index in [0.717, 1.165) is 12.0 Å². The van der Waals surface area contributed by atoms with Gasteiger partial charge in [-0.1, -0.05) is 43.4 Å². The second-order valence-corrected chi connectivity index (χ2v) is 10.8. The second-order valence-electron chi connectivity index (χ2n) is 5.89. The first-order valence-electron chi connectivity index (χ1n) is 7.33. The zero-order chi connectivity index (χ0) is 15.7. The van der Waals surface area contributed by atoms with E-state index in [1.54, 1.807) is 0 Å². The van der Waals surface area contributed by atoms with Gasteiger partial charge in [0, 0.05) is 18.0 Å². The molecule has 5 heteroatoms. The van der Waals surface area contributed by atoms with E-state index in [4.69, 9.17) is 4.74 Å². The summed E-state index contributed by atoms with van der Waals surface area (Å²) in [4.78, 5) is 10.4. The number of rotatable bonds is 10. The van der Waals surface area contributed by atoms with Crippen molar-refractivity contribution in [2.75, 3.05) is 13.2 Å². The molecular formula is C16H25NO3Si. The van der Waals surface area contributed by atoms with Crippen LogP contribution in [0, 0.1) is 10.1 Å². The molecule has 21 heavy (non-hydrogen) atoms. The molecule has 0 aromatic heterocycles. The van der Waals surface area contributed by atoms with Gasteiger partial charge in [-0.15, -0.1) is 12.3 Å². The van der Waals surface area contributed by atoms with Crippen molar-refractivity contribution in [1.29, 1.82) is 0 Å². The second kappa shape index (κ2) is 8.74. The molecule has 1 aromatic rings. The van der Waals surface area contributed by atoms with E-state index >= 15 is 0 Å². The predicted octanol–water partition coefficient (Wildman–Crippen LogP) is 4.06. The summed E-state index contributed by atoms with van der Waals surface area (Å²) in [7, 11) is -1.62. The van der Waals surface area contributed by atoms with Gasteiger partial charge in [-0.3, -0.25) is 10.1 Å². The van der Waals surface area contributed by atoms with Crippen molar-refractivity contribution in [2.45, 2.75) is 38.1 Å². The Balaban J connectivity index is 2.42. The molecule has 0 fully saturated rings. The first-order chi connectivity index (χ1) is 9.95. The molecular weight excluding hydrogens is 282 g/mol. The maximum absolute atomic E-state index is 10.6. The minimum Gasteiger partial charge on any atom is -0.377 e. The molecule has 0 radical (unpaired) electrons. The van der Waals surface area contributed by atoms with Crippen molar-refractivity contribution in [3.63, 3.8) is 0 Å². The van der Waals surface area contributed by atoms with E-state index < -0.39 is 8.07 Å². The smallest absolute Gasteiger partial charge is 0.203 e. The quantitative estimate of drug-likeness (QED) is 0.283. The SMILES string of the molecule is C=C[Si](C)(C)C(CCOCc1ccccc1)CC[N+](=O)[O-]. The van der Waals surface area contributed by atoms with Gasteiger partial charge in [0.25, 0.3) is 0 Å². The van der Waals surface area contributed by atoms with Gasteiger partial charge in [0.05, 0.1) is 14.7 Å². The van der Waals surface area contributed by atoms with Crippen LogP contribution in [0.5, 0.6) is 0 Å². The molecule has 0 saturated carbocycles. The summed E-state index contributed by atoms with van der Waals surface area (Å²) in [6.07, 6.45) is 1.48. The molecule has 0 spiro atoms. The summed E-state index contributed by atoms with van der Waals surface area (Å²) in [6.45, 7) is 9.60. The van der Waals surface area contributed by atoms with Gasteiger partial charge in [-0.05, 0) is 17.5 Å². The van der Waals surface area contributed by atoms with Crippen LogP contribution in [0.2, 0.25) is 18.6 Å². The zero-order valence-electron chi connectivity index (χ0n) is 13.0. The summed E-state index contributed by atoms with van der Waals surface area (Å²) >= 11 is 0. The lowest BCUT2D eigenvalue weighted by Crippen LogP contribution is -2.32. The average Bonchev–Trinajstić information content (AvgIpc) is 2.47. The van der Waals surface area contributed by atoms with E-state index in [-0.39, 0.29) is 11.5 Å². The van der Waals surface area contributed by atoms with Crippen molar-refractivity contribution in [3.8, 4) is 0 Å². The van der Waals surface area contributed by atoms with Gasteiger partial charge in [0.2, 0.25) is 6.54 Å². The largest absolute Gasteiger partial charge is 0.377 e. The number of hydrogen-bond donors (Lipinski definition) is 0. The lowest BCUT2D eigenvalue weighted by Gasteiger charge is -2.28. The fraction of sp³-hybridized carbons (Fsp3) is 0.500. The first kappa shape index (κ1) is 17.6. The highest BCUT2D eigenvalue weighted by Gasteiger charge is 2.29. The van der Waals surface area contributed by atoms with Gasteiger partial charge in [0.15, 0.2) is 0 Å². The van der Waals surface area contributed by atoms with Crippen molar-refractivity contribution in [3.05, 3.63) is 58.3 Å². The van der Waals surface area contributed by atoms with Gasteiger partial charge in [-0.2, -0.15) is 0 Å². The molecule has 4 nitrogen and oxygen atoms in total. The van der Waals surface area contributed by atoms with Crippen LogP contribution in [-0.4, -0.2) is 26.1 Å². The van der Waals surface area contributed by atoms with Crippen LogP contribution in [0.25, 0.3) is 0 Å². The minimum absolute atomic E-state index is 0.0353. The fourth-order valence-electron chi connectivity index (χ4n) is 2.31. The molecule has 116 valence electrons. The lowest BCUT2D eigenvalue weighted by atomic mass is 10.2. The zero-order valence-corrected chi connectivity index (χ0v) is 14.0. The van der Waals surface area contributed by atoms with Crippen LogP contribution < -0.4 is 0 Å². The molecule has 1 atom stereocenters. The summed E-state index contributed by atoms with van der Waals surface area (Å²) in [5.41, 5.74) is 3.52. The van der Waals surface area contributed by atoms with Gasteiger partial charge < -0.3 is 4.74 Å². The van der Waals surface area contributed by atoms with Crippen LogP contribution in [0.15, 0.2) is 42.6 Å². The Bertz CT molecular complexity index is 448. The van der Waals surface area contributed by atoms with Gasteiger partial charge in [-0.25, -0.2) is 0 Å². The molecule has 1 aromatic carbocycles. The van der Waals surface area contributed by atoms with E-state index in [1.807, 2.05) is 36.0 Å². The Labute approximate surface area is 128 Å². The van der Waals surface area contributed by atoms with E-state index in [2.05, 4.69) is 19.7 Å². The summed E-state index contributed by atoms with van der Waals surface area (Å²) in [5.74, 6) is 0. The van der Waals surface area contributed by atoms with Crippen LogP contribution >= 0.6 is 0 Å². The summed E-state index contributed by atoms with van der Waals surface area (Å²) < 4.78 is 5.71. The number of hydrogen-bond acceptors (Lipinski definition) is 3. The van der Waals surface area contributed by atoms with Crippen molar-refractivity contribution in [1.82, 2.24) is 0 Å². The summed E-state index contributed by atoms with van der Waals surface area (Å²) in [5, 5.41) is 10.6. The Kier molecular flexibility index (Phi) is 7.32. The molecule has 1 unspecified atom stereocenters. The third kappa shape index (κ3) is 6.69. The van der Waals surface area contributed by atoms with Crippen LogP contribution in [0.3, 0.4) is 0 Å². The normalized spacial score (nSPS) is 12.9. The van der Waals surface area contributed by atoms with Crippen LogP contribution in [-0.2, 0) is 11.3 Å². The topological polar surface area (TPSA) is 52.4 Å². The van der Waals surface area contributed by atoms with Crippen LogP contribution in [0.1, 0.15) is 18.4 Å². The third-order valence-corrected chi connectivity index (χ3v) is 7.69. The van der Waals surface area contributed by atoms with E-state index in [0.29, 0.717) is 25.2 Å². The first-order valence-corrected chi connectivity index (χ1v) is 10.5. The van der Waals surface area contributed by atoms with Gasteiger partial charge >= 0.3 is 0 Å². The number of nitro groups is 1. The molecule has 0 aliphatic carbocycles. The van der Waals surface area contributed by atoms with E-state index in [1.165, 1.54) is 0 Å². The van der Waals surface area contributed by atoms with Crippen molar-refractivity contribution >= 4 is 8.07 Å². The number of benzene rings is 1. The fourth-order valence-corrected chi connectivity index (χ4v) is 4.37. The maximum atomic E-state index is 10.6. The number of ether oxygens (including phenoxy) is 1. The third-order valence-electron chi connectivity index (χ3n) is 3.96. The highest BCUT2D eigenvalue weighted by Crippen LogP contribution is 2.30. The summed E-state index contributed by atoms with van der Waals surface area (Å²) in [6, 6.07) is 10.0. The number of nitrogens with zero attached hydrogens (tertiary/aromatic N) is 1. The lowest BCUT2D eigenvalue weighted by molar-refractivity contribution is -0.480. The van der Waals surface area contributed by atoms with Gasteiger partial charge in [0.1, 0.15) is 0 Å². The molecule has 0 N–H and O–H groups in total. The van der Waals surface area contributed by atoms with Crippen molar-refractivity contribution < 1.29 is 9.66 Å². The Morgan fingerprint density at radius 2 is 2.00 bits per heavy atom. The standard InChI is InChI=1S/C16H25NO3Si/c1-4-21(2,3)16(10-12-17(18)19)11-13-20-14-15-8-6-5-7-9-15/h4-9,16H,1,10-14H2,2-3H3. The monoisotopic (exact) mass is 307 g/mol. The molecule has 0 amide bonds. The Hall–Kier alpha value is -1.46. The van der Waals surface area contributed by atoms with Crippen molar-refractivity contribution in [2.24, 2.45) is 0 Å². The minimum atomic E-state index is -1.62. The molecule has 0 aliphatic heterocycles. The average molecular weight is 307 g/mol.